The lowest BCUT2D eigenvalue weighted by Gasteiger charge is -2.03. The van der Waals surface area contributed by atoms with Crippen LogP contribution in [0.2, 0.25) is 18.1 Å². The summed E-state index contributed by atoms with van der Waals surface area (Å²) in [6, 6.07) is 4.48. The Hall–Kier alpha value is 0.0169. The van der Waals surface area contributed by atoms with Crippen LogP contribution in [0.4, 0.5) is 13.2 Å². The number of hydrogen-bond donors (Lipinski definition) is 1. The largest absolute Gasteiger partial charge is 0.490 e. The molecule has 0 amide bonds. The average molecular weight is 333 g/mol. The molecule has 0 aromatic rings. The van der Waals surface area contributed by atoms with Crippen LogP contribution in [0.1, 0.15) is 20.8 Å². The van der Waals surface area contributed by atoms with Crippen LogP contribution >= 0.6 is 23.2 Å². The lowest BCUT2D eigenvalue weighted by Crippen LogP contribution is -2.21. The molecule has 0 aliphatic heterocycles. The smallest absolute Gasteiger partial charge is 0.475 e. The van der Waals surface area contributed by atoms with E-state index in [0.717, 1.165) is 0 Å². The molecule has 114 valence electrons. The third-order valence-corrected chi connectivity index (χ3v) is 5.44. The van der Waals surface area contributed by atoms with Crippen molar-refractivity contribution in [3.05, 3.63) is 0 Å². The molecule has 0 aliphatic rings. The van der Waals surface area contributed by atoms with Gasteiger partial charge >= 0.3 is 12.1 Å². The monoisotopic (exact) mass is 332 g/mol. The summed E-state index contributed by atoms with van der Waals surface area (Å²) in [6.07, 6.45) is -5.08. The first kappa shape index (κ1) is 26.6. The van der Waals surface area contributed by atoms with E-state index in [2.05, 4.69) is 20.8 Å². The van der Waals surface area contributed by atoms with Crippen molar-refractivity contribution in [1.29, 1.82) is 0 Å². The number of halogens is 5. The van der Waals surface area contributed by atoms with Gasteiger partial charge in [0, 0.05) is 8.80 Å². The quantitative estimate of drug-likeness (QED) is 0.634. The summed E-state index contributed by atoms with van der Waals surface area (Å²) in [6.45, 7) is 6.97. The van der Waals surface area contributed by atoms with Crippen molar-refractivity contribution in [3.8, 4) is 0 Å². The van der Waals surface area contributed by atoms with Gasteiger partial charge in [-0.2, -0.15) is 13.2 Å². The molecule has 0 aliphatic carbocycles. The summed E-state index contributed by atoms with van der Waals surface area (Å²) in [5.41, 5.74) is 0. The van der Waals surface area contributed by atoms with Gasteiger partial charge in [0.05, 0.1) is 5.34 Å². The van der Waals surface area contributed by atoms with Gasteiger partial charge in [-0.25, -0.2) is 4.79 Å². The maximum atomic E-state index is 10.6. The molecule has 3 N–H and O–H groups in total. The molecule has 0 heterocycles. The molecular formula is C9H21Cl2F3O3Si. The number of carboxylic acid groups (broad SMARTS) is 1. The Morgan fingerprint density at radius 3 is 1.28 bits per heavy atom. The van der Waals surface area contributed by atoms with E-state index in [4.69, 9.17) is 33.1 Å². The van der Waals surface area contributed by atoms with Crippen molar-refractivity contribution in [2.24, 2.45) is 0 Å². The minimum absolute atomic E-state index is 0. The highest BCUT2D eigenvalue weighted by atomic mass is 35.5. The molecule has 0 saturated carbocycles. The van der Waals surface area contributed by atoms with Crippen molar-refractivity contribution in [1.82, 2.24) is 0 Å². The van der Waals surface area contributed by atoms with Crippen molar-refractivity contribution in [3.63, 3.8) is 0 Å². The van der Waals surface area contributed by atoms with E-state index in [1.165, 1.54) is 18.1 Å². The van der Waals surface area contributed by atoms with Gasteiger partial charge < -0.3 is 10.6 Å². The molecule has 3 nitrogen and oxygen atoms in total. The molecule has 0 aromatic carbocycles. The van der Waals surface area contributed by atoms with E-state index in [-0.39, 0.29) is 19.6 Å². The molecule has 0 bridgehead atoms. The van der Waals surface area contributed by atoms with Gasteiger partial charge in [0.1, 0.15) is 0 Å². The molecule has 18 heavy (non-hydrogen) atoms. The molecule has 0 unspecified atom stereocenters. The Kier molecular flexibility index (Phi) is 25.1. The number of carbonyl (C=O) groups is 1. The number of hydrogen-bond acceptors (Lipinski definition) is 1. The number of carboxylic acids is 1. The summed E-state index contributed by atoms with van der Waals surface area (Å²) in [4.78, 5) is 8.90. The standard InChI is InChI=1S/C6H16Si.C2HF3O2.CH2Cl2.H2O/c1-4-7(5-2)6-3;3-2(4,5)1(6)7;2-1-3;/h7H,4-6H2,1-3H3;(H,6,7);1H2;1H2. The van der Waals surface area contributed by atoms with Crippen molar-refractivity contribution < 1.29 is 28.5 Å². The van der Waals surface area contributed by atoms with Crippen molar-refractivity contribution in [2.75, 3.05) is 5.34 Å². The highest BCUT2D eigenvalue weighted by Gasteiger charge is 2.38. The second kappa shape index (κ2) is 17.0. The summed E-state index contributed by atoms with van der Waals surface area (Å²) < 4.78 is 31.7. The van der Waals surface area contributed by atoms with Gasteiger partial charge in [-0.3, -0.25) is 0 Å². The van der Waals surface area contributed by atoms with Gasteiger partial charge in [-0.15, -0.1) is 23.2 Å². The minimum Gasteiger partial charge on any atom is -0.475 e. The Morgan fingerprint density at radius 1 is 1.11 bits per heavy atom. The molecular weight excluding hydrogens is 312 g/mol. The Labute approximate surface area is 117 Å². The van der Waals surface area contributed by atoms with Crippen LogP contribution in [0.25, 0.3) is 0 Å². The molecule has 0 aromatic heterocycles. The minimum atomic E-state index is -5.08. The normalized spacial score (nSPS) is 9.39. The molecule has 0 atom stereocenters. The highest BCUT2D eigenvalue weighted by molar-refractivity contribution is 6.58. The average Bonchev–Trinajstić information content (AvgIpc) is 2.21. The van der Waals surface area contributed by atoms with Gasteiger partial charge in [0.15, 0.2) is 0 Å². The maximum absolute atomic E-state index is 10.6. The van der Waals surface area contributed by atoms with Crippen LogP contribution < -0.4 is 0 Å². The fourth-order valence-electron chi connectivity index (χ4n) is 0.866. The Bertz CT molecular complexity index is 173. The topological polar surface area (TPSA) is 68.8 Å². The zero-order valence-corrected chi connectivity index (χ0v) is 13.3. The van der Waals surface area contributed by atoms with Gasteiger partial charge in [-0.1, -0.05) is 38.9 Å². The van der Waals surface area contributed by atoms with Crippen molar-refractivity contribution >= 4 is 38.0 Å². The zero-order valence-electron chi connectivity index (χ0n) is 10.7. The second-order valence-corrected chi connectivity index (χ2v) is 7.98. The summed E-state index contributed by atoms with van der Waals surface area (Å²) in [7, 11) is -0.171. The molecule has 0 radical (unpaired) electrons. The molecule has 0 rings (SSSR count). The van der Waals surface area contributed by atoms with E-state index in [1.807, 2.05) is 0 Å². The summed E-state index contributed by atoms with van der Waals surface area (Å²) in [5.74, 6) is -2.76. The van der Waals surface area contributed by atoms with Crippen LogP contribution in [0, 0.1) is 0 Å². The summed E-state index contributed by atoms with van der Waals surface area (Å²) in [5, 5.41) is 7.32. The third kappa shape index (κ3) is 25.0. The first-order chi connectivity index (χ1) is 7.70. The van der Waals surface area contributed by atoms with E-state index in [1.54, 1.807) is 0 Å². The Morgan fingerprint density at radius 2 is 1.28 bits per heavy atom. The maximum Gasteiger partial charge on any atom is 0.490 e. The fourth-order valence-corrected chi connectivity index (χ4v) is 2.60. The molecule has 9 heteroatoms. The van der Waals surface area contributed by atoms with Crippen molar-refractivity contribution in [2.45, 2.75) is 45.1 Å². The van der Waals surface area contributed by atoms with Crippen LogP contribution in [-0.4, -0.2) is 36.9 Å². The number of aliphatic carboxylic acids is 1. The number of alkyl halides is 5. The predicted octanol–water partition coefficient (Wildman–Crippen LogP) is 3.50. The lowest BCUT2D eigenvalue weighted by atomic mass is 10.7. The molecule has 0 saturated heterocycles. The first-order valence-electron chi connectivity index (χ1n) is 5.13. The van der Waals surface area contributed by atoms with Gasteiger partial charge in [-0.05, 0) is 0 Å². The third-order valence-electron chi connectivity index (χ3n) is 1.97. The molecule has 0 spiro atoms. The SMILES string of the molecule is CC[SiH](CC)CC.ClCCl.O.O=C(O)C(F)(F)F. The van der Waals surface area contributed by atoms with E-state index in [9.17, 15) is 13.2 Å². The first-order valence-corrected chi connectivity index (χ1v) is 8.64. The number of rotatable bonds is 3. The van der Waals surface area contributed by atoms with E-state index in [0.29, 0.717) is 0 Å². The van der Waals surface area contributed by atoms with E-state index >= 15 is 0 Å². The Balaban J connectivity index is -0.0000000857. The highest BCUT2D eigenvalue weighted by Crippen LogP contribution is 2.13. The fraction of sp³-hybridized carbons (Fsp3) is 0.889. The van der Waals surface area contributed by atoms with Crippen LogP contribution in [0.15, 0.2) is 0 Å². The van der Waals surface area contributed by atoms with E-state index < -0.39 is 12.1 Å². The summed E-state index contributed by atoms with van der Waals surface area (Å²) >= 11 is 9.53. The lowest BCUT2D eigenvalue weighted by molar-refractivity contribution is -0.192. The van der Waals surface area contributed by atoms with Gasteiger partial charge in [0.2, 0.25) is 0 Å². The molecule has 0 fully saturated rings. The second-order valence-electron chi connectivity index (χ2n) is 2.99. The predicted molar refractivity (Wildman–Crippen MR) is 72.5 cm³/mol. The van der Waals surface area contributed by atoms with Gasteiger partial charge in [0.25, 0.3) is 0 Å². The van der Waals surface area contributed by atoms with Crippen LogP contribution in [-0.2, 0) is 4.79 Å². The van der Waals surface area contributed by atoms with Crippen LogP contribution in [0.3, 0.4) is 0 Å². The zero-order chi connectivity index (χ0) is 14.5. The van der Waals surface area contributed by atoms with Crippen LogP contribution in [0.5, 0.6) is 0 Å².